The summed E-state index contributed by atoms with van der Waals surface area (Å²) in [6.07, 6.45) is 0.477. The third-order valence-corrected chi connectivity index (χ3v) is 2.98. The van der Waals surface area contributed by atoms with Gasteiger partial charge in [0.1, 0.15) is 17.2 Å². The molecule has 17 heavy (non-hydrogen) atoms. The van der Waals surface area contributed by atoms with Gasteiger partial charge in [-0.3, -0.25) is 0 Å². The summed E-state index contributed by atoms with van der Waals surface area (Å²) in [6, 6.07) is 7.51. The van der Waals surface area contributed by atoms with E-state index in [1.54, 1.807) is 7.11 Å². The molecule has 0 aliphatic rings. The fourth-order valence-corrected chi connectivity index (χ4v) is 2.04. The maximum Gasteiger partial charge on any atom is 0.139 e. The Morgan fingerprint density at radius 3 is 2.88 bits per heavy atom. The highest BCUT2D eigenvalue weighted by atomic mass is 79.9. The quantitative estimate of drug-likeness (QED) is 0.943. The highest BCUT2D eigenvalue weighted by molar-refractivity contribution is 9.10. The molecule has 90 valence electrons. The number of halogens is 1. The Bertz CT molecular complexity index is 510. The minimum atomic E-state index is 0.0565. The molecule has 4 nitrogen and oxygen atoms in total. The predicted octanol–water partition coefficient (Wildman–Crippen LogP) is 2.65. The number of aliphatic hydroxyl groups excluding tert-OH is 1. The second-order valence-electron chi connectivity index (χ2n) is 3.50. The molecule has 0 aliphatic carbocycles. The van der Waals surface area contributed by atoms with Crippen molar-refractivity contribution < 1.29 is 14.4 Å². The van der Waals surface area contributed by atoms with E-state index in [0.29, 0.717) is 12.2 Å². The van der Waals surface area contributed by atoms with E-state index in [1.807, 2.05) is 24.3 Å². The normalized spacial score (nSPS) is 10.5. The molecule has 0 radical (unpaired) electrons. The zero-order chi connectivity index (χ0) is 12.3. The van der Waals surface area contributed by atoms with Crippen LogP contribution in [0.1, 0.15) is 5.76 Å². The van der Waals surface area contributed by atoms with Gasteiger partial charge in [-0.1, -0.05) is 5.16 Å². The summed E-state index contributed by atoms with van der Waals surface area (Å²) in [5.74, 6) is 1.45. The van der Waals surface area contributed by atoms with Gasteiger partial charge in [0.25, 0.3) is 0 Å². The average Bonchev–Trinajstić information content (AvgIpc) is 2.78. The molecule has 0 amide bonds. The van der Waals surface area contributed by atoms with Gasteiger partial charge in [-0.25, -0.2) is 0 Å². The van der Waals surface area contributed by atoms with Crippen molar-refractivity contribution in [2.24, 2.45) is 0 Å². The van der Waals surface area contributed by atoms with Gasteiger partial charge in [-0.2, -0.15) is 0 Å². The Labute approximate surface area is 107 Å². The Morgan fingerprint density at radius 2 is 2.24 bits per heavy atom. The van der Waals surface area contributed by atoms with Crippen molar-refractivity contribution in [3.05, 3.63) is 34.5 Å². The van der Waals surface area contributed by atoms with Gasteiger partial charge < -0.3 is 14.4 Å². The van der Waals surface area contributed by atoms with Crippen LogP contribution in [0.5, 0.6) is 5.75 Å². The minimum absolute atomic E-state index is 0.0565. The second-order valence-corrected chi connectivity index (χ2v) is 4.36. The molecule has 0 saturated heterocycles. The van der Waals surface area contributed by atoms with E-state index < -0.39 is 0 Å². The molecule has 0 atom stereocenters. The van der Waals surface area contributed by atoms with Gasteiger partial charge >= 0.3 is 0 Å². The largest absolute Gasteiger partial charge is 0.496 e. The third kappa shape index (κ3) is 2.68. The van der Waals surface area contributed by atoms with Crippen molar-refractivity contribution in [1.29, 1.82) is 0 Å². The van der Waals surface area contributed by atoms with E-state index in [4.69, 9.17) is 14.4 Å². The molecule has 0 aliphatic heterocycles. The van der Waals surface area contributed by atoms with Crippen molar-refractivity contribution >= 4 is 15.9 Å². The van der Waals surface area contributed by atoms with E-state index in [9.17, 15) is 0 Å². The number of benzene rings is 1. The number of nitrogens with zero attached hydrogens (tertiary/aromatic N) is 1. The summed E-state index contributed by atoms with van der Waals surface area (Å²) in [5.41, 5.74) is 1.68. The van der Waals surface area contributed by atoms with Crippen LogP contribution in [0.3, 0.4) is 0 Å². The average molecular weight is 298 g/mol. The first-order valence-electron chi connectivity index (χ1n) is 5.15. The lowest BCUT2D eigenvalue weighted by Gasteiger charge is -2.03. The number of hydrogen-bond acceptors (Lipinski definition) is 4. The molecule has 0 unspecified atom stereocenters. The number of methoxy groups -OCH3 is 1. The van der Waals surface area contributed by atoms with Crippen LogP contribution in [0, 0.1) is 0 Å². The minimum Gasteiger partial charge on any atom is -0.496 e. The van der Waals surface area contributed by atoms with E-state index in [-0.39, 0.29) is 6.61 Å². The monoisotopic (exact) mass is 297 g/mol. The summed E-state index contributed by atoms with van der Waals surface area (Å²) < 4.78 is 11.1. The van der Waals surface area contributed by atoms with Crippen LogP contribution in [0.2, 0.25) is 0 Å². The van der Waals surface area contributed by atoms with Crippen LogP contribution in [-0.4, -0.2) is 24.0 Å². The van der Waals surface area contributed by atoms with E-state index >= 15 is 0 Å². The molecule has 0 saturated carbocycles. The maximum absolute atomic E-state index is 8.80. The van der Waals surface area contributed by atoms with E-state index in [0.717, 1.165) is 21.5 Å². The summed E-state index contributed by atoms with van der Waals surface area (Å²) >= 11 is 3.42. The van der Waals surface area contributed by atoms with Gasteiger partial charge in [-0.05, 0) is 34.1 Å². The number of aliphatic hydroxyl groups is 1. The molecule has 2 rings (SSSR count). The molecule has 0 spiro atoms. The lowest BCUT2D eigenvalue weighted by atomic mass is 10.1. The van der Waals surface area contributed by atoms with Crippen LogP contribution in [-0.2, 0) is 6.42 Å². The van der Waals surface area contributed by atoms with Crippen LogP contribution >= 0.6 is 15.9 Å². The molecular weight excluding hydrogens is 286 g/mol. The van der Waals surface area contributed by atoms with Crippen molar-refractivity contribution in [2.45, 2.75) is 6.42 Å². The standard InChI is InChI=1S/C12H12BrNO3/c1-16-12-3-2-8(6-10(12)13)11-7-9(4-5-15)17-14-11/h2-3,6-7,15H,4-5H2,1H3. The highest BCUT2D eigenvalue weighted by Gasteiger charge is 2.08. The summed E-state index contributed by atoms with van der Waals surface area (Å²) in [6.45, 7) is 0.0565. The first-order valence-corrected chi connectivity index (χ1v) is 5.94. The van der Waals surface area contributed by atoms with Crippen molar-refractivity contribution in [1.82, 2.24) is 5.16 Å². The van der Waals surface area contributed by atoms with Gasteiger partial charge in [0, 0.05) is 18.1 Å². The molecular formula is C12H12BrNO3. The Kier molecular flexibility index (Phi) is 3.81. The van der Waals surface area contributed by atoms with Crippen molar-refractivity contribution in [3.63, 3.8) is 0 Å². The fourth-order valence-electron chi connectivity index (χ4n) is 1.50. The zero-order valence-electron chi connectivity index (χ0n) is 9.31. The number of rotatable bonds is 4. The van der Waals surface area contributed by atoms with E-state index in [2.05, 4.69) is 21.1 Å². The van der Waals surface area contributed by atoms with Crippen LogP contribution in [0.4, 0.5) is 0 Å². The molecule has 0 bridgehead atoms. The zero-order valence-corrected chi connectivity index (χ0v) is 10.9. The van der Waals surface area contributed by atoms with Crippen LogP contribution in [0.15, 0.2) is 33.3 Å². The lowest BCUT2D eigenvalue weighted by Crippen LogP contribution is -1.86. The molecule has 1 aromatic heterocycles. The topological polar surface area (TPSA) is 55.5 Å². The van der Waals surface area contributed by atoms with Crippen molar-refractivity contribution in [2.75, 3.05) is 13.7 Å². The molecule has 1 N–H and O–H groups in total. The molecule has 1 heterocycles. The number of hydrogen-bond donors (Lipinski definition) is 1. The van der Waals surface area contributed by atoms with Crippen molar-refractivity contribution in [3.8, 4) is 17.0 Å². The molecule has 5 heteroatoms. The highest BCUT2D eigenvalue weighted by Crippen LogP contribution is 2.30. The first-order chi connectivity index (χ1) is 8.24. The number of ether oxygens (including phenoxy) is 1. The maximum atomic E-state index is 8.80. The SMILES string of the molecule is COc1ccc(-c2cc(CCO)on2)cc1Br. The Balaban J connectivity index is 2.29. The molecule has 2 aromatic rings. The smallest absolute Gasteiger partial charge is 0.139 e. The number of aromatic nitrogens is 1. The second kappa shape index (κ2) is 5.33. The van der Waals surface area contributed by atoms with Crippen LogP contribution in [0.25, 0.3) is 11.3 Å². The first kappa shape index (κ1) is 12.1. The predicted molar refractivity (Wildman–Crippen MR) is 67.0 cm³/mol. The molecule has 1 aromatic carbocycles. The summed E-state index contributed by atoms with van der Waals surface area (Å²) in [5, 5.41) is 12.8. The summed E-state index contributed by atoms with van der Waals surface area (Å²) in [7, 11) is 1.62. The van der Waals surface area contributed by atoms with Gasteiger partial charge in [0.05, 0.1) is 18.2 Å². The third-order valence-electron chi connectivity index (χ3n) is 2.36. The van der Waals surface area contributed by atoms with E-state index in [1.165, 1.54) is 0 Å². The Hall–Kier alpha value is -1.33. The van der Waals surface area contributed by atoms with Crippen LogP contribution < -0.4 is 4.74 Å². The van der Waals surface area contributed by atoms with Gasteiger partial charge in [0.15, 0.2) is 0 Å². The van der Waals surface area contributed by atoms with Gasteiger partial charge in [-0.15, -0.1) is 0 Å². The Morgan fingerprint density at radius 1 is 1.41 bits per heavy atom. The molecule has 0 fully saturated rings. The van der Waals surface area contributed by atoms with Gasteiger partial charge in [0.2, 0.25) is 0 Å². The summed E-state index contributed by atoms with van der Waals surface area (Å²) in [4.78, 5) is 0. The lowest BCUT2D eigenvalue weighted by molar-refractivity contribution is 0.277. The fraction of sp³-hybridized carbons (Fsp3) is 0.250.